The molecule has 5 nitrogen and oxygen atoms in total. The van der Waals surface area contributed by atoms with Gasteiger partial charge in [0.1, 0.15) is 12.4 Å². The number of carbonyl (C=O) groups excluding carboxylic acids is 2. The molecule has 0 spiro atoms. The SMILES string of the molecule is COCCCN(CC(=O)N(Cc1ccc(F)cc1)Cc1sccc1C)C(=O)c1cccc(Cl)c1. The maximum absolute atomic E-state index is 13.5. The van der Waals surface area contributed by atoms with Gasteiger partial charge in [0, 0.05) is 42.3 Å². The number of methoxy groups -OCH3 is 1. The van der Waals surface area contributed by atoms with Crippen molar-refractivity contribution in [3.05, 3.63) is 92.4 Å². The minimum absolute atomic E-state index is 0.0827. The van der Waals surface area contributed by atoms with E-state index < -0.39 is 0 Å². The van der Waals surface area contributed by atoms with Gasteiger partial charge in [0.05, 0.1) is 6.54 Å². The Bertz CT molecular complexity index is 1100. The predicted octanol–water partition coefficient (Wildman–Crippen LogP) is 5.56. The fraction of sp³-hybridized carbons (Fsp3) is 0.308. The van der Waals surface area contributed by atoms with Crippen molar-refractivity contribution in [3.8, 4) is 0 Å². The molecule has 0 bridgehead atoms. The number of hydrogen-bond acceptors (Lipinski definition) is 4. The highest BCUT2D eigenvalue weighted by atomic mass is 35.5. The van der Waals surface area contributed by atoms with E-state index in [0.29, 0.717) is 43.2 Å². The van der Waals surface area contributed by atoms with E-state index in [4.69, 9.17) is 16.3 Å². The molecule has 2 amide bonds. The first-order valence-corrected chi connectivity index (χ1v) is 12.2. The summed E-state index contributed by atoms with van der Waals surface area (Å²) in [6.07, 6.45) is 0.595. The molecule has 0 aliphatic carbocycles. The van der Waals surface area contributed by atoms with E-state index in [1.165, 1.54) is 17.0 Å². The third-order valence-corrected chi connectivity index (χ3v) is 6.65. The predicted molar refractivity (Wildman–Crippen MR) is 134 cm³/mol. The fourth-order valence-corrected chi connectivity index (χ4v) is 4.61. The molecule has 0 radical (unpaired) electrons. The van der Waals surface area contributed by atoms with E-state index in [1.807, 2.05) is 18.4 Å². The molecule has 2 aromatic carbocycles. The second-order valence-electron chi connectivity index (χ2n) is 7.99. The van der Waals surface area contributed by atoms with E-state index >= 15 is 0 Å². The van der Waals surface area contributed by atoms with E-state index in [-0.39, 0.29) is 24.2 Å². The molecule has 0 atom stereocenters. The zero-order chi connectivity index (χ0) is 24.5. The summed E-state index contributed by atoms with van der Waals surface area (Å²) < 4.78 is 18.5. The van der Waals surface area contributed by atoms with Gasteiger partial charge in [0.2, 0.25) is 5.91 Å². The Kier molecular flexibility index (Phi) is 9.62. The molecule has 1 aromatic heterocycles. The van der Waals surface area contributed by atoms with Crippen LogP contribution in [0.2, 0.25) is 5.02 Å². The smallest absolute Gasteiger partial charge is 0.254 e. The Morgan fingerprint density at radius 2 is 1.82 bits per heavy atom. The number of benzene rings is 2. The standard InChI is InChI=1S/C26H28ClFN2O3S/c1-19-11-14-34-24(19)17-30(16-20-7-9-23(28)10-8-20)25(31)18-29(12-4-13-33-2)26(32)21-5-3-6-22(27)15-21/h3,5-11,14-15H,4,12-13,16-18H2,1-2H3. The van der Waals surface area contributed by atoms with Crippen LogP contribution < -0.4 is 0 Å². The number of hydrogen-bond donors (Lipinski definition) is 0. The minimum atomic E-state index is -0.327. The van der Waals surface area contributed by atoms with Crippen molar-refractivity contribution in [2.45, 2.75) is 26.4 Å². The average molecular weight is 503 g/mol. The summed E-state index contributed by atoms with van der Waals surface area (Å²) in [7, 11) is 1.60. The van der Waals surface area contributed by atoms with Crippen LogP contribution in [0.4, 0.5) is 4.39 Å². The third-order valence-electron chi connectivity index (χ3n) is 5.40. The number of rotatable bonds is 11. The molecule has 0 N–H and O–H groups in total. The second-order valence-corrected chi connectivity index (χ2v) is 9.42. The van der Waals surface area contributed by atoms with Crippen LogP contribution in [0.1, 0.15) is 32.8 Å². The van der Waals surface area contributed by atoms with Crippen molar-refractivity contribution >= 4 is 34.8 Å². The van der Waals surface area contributed by atoms with Crippen LogP contribution in [0.3, 0.4) is 0 Å². The number of halogens is 2. The fourth-order valence-electron chi connectivity index (χ4n) is 3.50. The van der Waals surface area contributed by atoms with Crippen LogP contribution in [0, 0.1) is 12.7 Å². The van der Waals surface area contributed by atoms with E-state index in [9.17, 15) is 14.0 Å². The van der Waals surface area contributed by atoms with E-state index in [1.54, 1.807) is 59.7 Å². The van der Waals surface area contributed by atoms with Crippen molar-refractivity contribution in [2.24, 2.45) is 0 Å². The highest BCUT2D eigenvalue weighted by Gasteiger charge is 2.23. The number of thiophene rings is 1. The van der Waals surface area contributed by atoms with Crippen LogP contribution in [0.5, 0.6) is 0 Å². The molecule has 0 fully saturated rings. The summed E-state index contributed by atoms with van der Waals surface area (Å²) >= 11 is 7.66. The third kappa shape index (κ3) is 7.38. The summed E-state index contributed by atoms with van der Waals surface area (Å²) in [5, 5.41) is 2.45. The number of carbonyl (C=O) groups is 2. The molecule has 3 aromatic rings. The Morgan fingerprint density at radius 3 is 2.47 bits per heavy atom. The summed E-state index contributed by atoms with van der Waals surface area (Å²) in [5.41, 5.74) is 2.35. The summed E-state index contributed by atoms with van der Waals surface area (Å²) in [6, 6.07) is 14.8. The lowest BCUT2D eigenvalue weighted by molar-refractivity contribution is -0.133. The van der Waals surface area contributed by atoms with Crippen LogP contribution in [0.15, 0.2) is 60.0 Å². The Labute approximate surface area is 208 Å². The first kappa shape index (κ1) is 25.9. The van der Waals surface area contributed by atoms with Gasteiger partial charge in [0.15, 0.2) is 0 Å². The summed E-state index contributed by atoms with van der Waals surface area (Å²) in [4.78, 5) is 31.1. The molecular formula is C26H28ClFN2O3S. The van der Waals surface area contributed by atoms with Crippen LogP contribution in [-0.4, -0.2) is 48.4 Å². The maximum atomic E-state index is 13.5. The summed E-state index contributed by atoms with van der Waals surface area (Å²) in [6.45, 7) is 3.49. The highest BCUT2D eigenvalue weighted by Crippen LogP contribution is 2.20. The molecule has 1 heterocycles. The highest BCUT2D eigenvalue weighted by molar-refractivity contribution is 7.10. The van der Waals surface area contributed by atoms with Gasteiger partial charge in [-0.3, -0.25) is 9.59 Å². The first-order valence-electron chi connectivity index (χ1n) is 11.0. The largest absolute Gasteiger partial charge is 0.385 e. The van der Waals surface area contributed by atoms with Gasteiger partial charge in [-0.15, -0.1) is 11.3 Å². The molecule has 0 saturated carbocycles. The Hall–Kier alpha value is -2.74. The molecule has 8 heteroatoms. The first-order chi connectivity index (χ1) is 16.4. The molecule has 180 valence electrons. The van der Waals surface area contributed by atoms with Gasteiger partial charge in [0.25, 0.3) is 5.91 Å². The molecular weight excluding hydrogens is 475 g/mol. The lowest BCUT2D eigenvalue weighted by atomic mass is 10.1. The van der Waals surface area contributed by atoms with Gasteiger partial charge in [-0.1, -0.05) is 29.8 Å². The maximum Gasteiger partial charge on any atom is 0.254 e. The van der Waals surface area contributed by atoms with Crippen molar-refractivity contribution in [2.75, 3.05) is 26.8 Å². The Balaban J connectivity index is 1.82. The minimum Gasteiger partial charge on any atom is -0.385 e. The topological polar surface area (TPSA) is 49.9 Å². The molecule has 34 heavy (non-hydrogen) atoms. The van der Waals surface area contributed by atoms with Gasteiger partial charge < -0.3 is 14.5 Å². The molecule has 0 saturated heterocycles. The van der Waals surface area contributed by atoms with Crippen LogP contribution >= 0.6 is 22.9 Å². The molecule has 0 unspecified atom stereocenters. The lowest BCUT2D eigenvalue weighted by Crippen LogP contribution is -2.43. The average Bonchev–Trinajstić information content (AvgIpc) is 3.23. The zero-order valence-electron chi connectivity index (χ0n) is 19.3. The number of nitrogens with zero attached hydrogens (tertiary/aromatic N) is 2. The molecule has 0 aliphatic rings. The van der Waals surface area contributed by atoms with Crippen molar-refractivity contribution < 1.29 is 18.7 Å². The number of amides is 2. The normalized spacial score (nSPS) is 10.8. The molecule has 3 rings (SSSR count). The van der Waals surface area contributed by atoms with E-state index in [0.717, 1.165) is 16.0 Å². The second kappa shape index (κ2) is 12.6. The van der Waals surface area contributed by atoms with Crippen molar-refractivity contribution in [3.63, 3.8) is 0 Å². The Morgan fingerprint density at radius 1 is 1.06 bits per heavy atom. The zero-order valence-corrected chi connectivity index (χ0v) is 20.9. The quantitative estimate of drug-likeness (QED) is 0.323. The van der Waals surface area contributed by atoms with Gasteiger partial charge in [-0.25, -0.2) is 4.39 Å². The number of aryl methyl sites for hydroxylation is 1. The molecule has 0 aliphatic heterocycles. The van der Waals surface area contributed by atoms with Gasteiger partial charge in [-0.2, -0.15) is 0 Å². The lowest BCUT2D eigenvalue weighted by Gasteiger charge is -2.28. The van der Waals surface area contributed by atoms with Gasteiger partial charge >= 0.3 is 0 Å². The number of ether oxygens (including phenoxy) is 1. The summed E-state index contributed by atoms with van der Waals surface area (Å²) in [5.74, 6) is -0.780. The van der Waals surface area contributed by atoms with E-state index in [2.05, 4.69) is 0 Å². The van der Waals surface area contributed by atoms with Crippen molar-refractivity contribution in [1.82, 2.24) is 9.80 Å². The monoisotopic (exact) mass is 502 g/mol. The van der Waals surface area contributed by atoms with Crippen LogP contribution in [-0.2, 0) is 22.6 Å². The van der Waals surface area contributed by atoms with Crippen molar-refractivity contribution in [1.29, 1.82) is 0 Å². The van der Waals surface area contributed by atoms with Gasteiger partial charge in [-0.05, 0) is 66.2 Å². The van der Waals surface area contributed by atoms with Crippen LogP contribution in [0.25, 0.3) is 0 Å².